The highest BCUT2D eigenvalue weighted by Gasteiger charge is 2.10. The lowest BCUT2D eigenvalue weighted by atomic mass is 9.97. The molecule has 0 aliphatic heterocycles. The molecule has 0 aliphatic carbocycles. The molecule has 0 aliphatic rings. The van der Waals surface area contributed by atoms with Gasteiger partial charge in [-0.15, -0.1) is 0 Å². The average molecular weight is 192 g/mol. The number of nitrogen functional groups attached to an aromatic ring is 1. The van der Waals surface area contributed by atoms with E-state index in [1.165, 1.54) is 5.56 Å². The van der Waals surface area contributed by atoms with E-state index >= 15 is 0 Å². The summed E-state index contributed by atoms with van der Waals surface area (Å²) in [6, 6.07) is 8.52. The fraction of sp³-hybridized carbons (Fsp3) is 0.500. The third-order valence-corrected chi connectivity index (χ3v) is 2.37. The van der Waals surface area contributed by atoms with Crippen molar-refractivity contribution in [3.8, 4) is 0 Å². The molecule has 1 aromatic carbocycles. The second-order valence-electron chi connectivity index (χ2n) is 4.14. The normalized spacial score (nSPS) is 13.1. The number of anilines is 1. The van der Waals surface area contributed by atoms with Crippen molar-refractivity contribution in [2.45, 2.75) is 26.3 Å². The smallest absolute Gasteiger partial charge is 0.0320 e. The molecule has 2 nitrogen and oxygen atoms in total. The van der Waals surface area contributed by atoms with Crippen molar-refractivity contribution >= 4 is 5.69 Å². The van der Waals surface area contributed by atoms with E-state index in [9.17, 15) is 0 Å². The van der Waals surface area contributed by atoms with Crippen LogP contribution in [0.1, 0.15) is 31.9 Å². The maximum atomic E-state index is 5.75. The van der Waals surface area contributed by atoms with Gasteiger partial charge in [0.05, 0.1) is 0 Å². The van der Waals surface area contributed by atoms with Gasteiger partial charge in [0.15, 0.2) is 0 Å². The minimum atomic E-state index is 0.415. The Morgan fingerprint density at radius 3 is 2.57 bits per heavy atom. The first kappa shape index (κ1) is 11.1. The molecule has 78 valence electrons. The molecular weight excluding hydrogens is 172 g/mol. The summed E-state index contributed by atoms with van der Waals surface area (Å²) >= 11 is 0. The third kappa shape index (κ3) is 3.04. The maximum absolute atomic E-state index is 5.75. The largest absolute Gasteiger partial charge is 0.399 e. The van der Waals surface area contributed by atoms with E-state index in [2.05, 4.69) is 25.2 Å². The summed E-state index contributed by atoms with van der Waals surface area (Å²) in [6.07, 6.45) is 1.14. The van der Waals surface area contributed by atoms with Crippen LogP contribution in [-0.2, 0) is 0 Å². The van der Waals surface area contributed by atoms with E-state index in [1.54, 1.807) is 0 Å². The SMILES string of the molecule is CNC(CC(C)C)c1cccc(N)c1. The van der Waals surface area contributed by atoms with Gasteiger partial charge in [-0.2, -0.15) is 0 Å². The molecule has 0 amide bonds. The van der Waals surface area contributed by atoms with Gasteiger partial charge >= 0.3 is 0 Å². The lowest BCUT2D eigenvalue weighted by Gasteiger charge is -2.19. The van der Waals surface area contributed by atoms with Gasteiger partial charge in [-0.1, -0.05) is 26.0 Å². The van der Waals surface area contributed by atoms with Crippen molar-refractivity contribution in [2.24, 2.45) is 5.92 Å². The van der Waals surface area contributed by atoms with Crippen molar-refractivity contribution in [2.75, 3.05) is 12.8 Å². The second-order valence-corrected chi connectivity index (χ2v) is 4.14. The number of hydrogen-bond acceptors (Lipinski definition) is 2. The minimum Gasteiger partial charge on any atom is -0.399 e. The Hall–Kier alpha value is -1.02. The van der Waals surface area contributed by atoms with E-state index in [0.29, 0.717) is 12.0 Å². The number of nitrogens with two attached hydrogens (primary N) is 1. The summed E-state index contributed by atoms with van der Waals surface area (Å²) in [6.45, 7) is 4.47. The highest BCUT2D eigenvalue weighted by molar-refractivity contribution is 5.41. The van der Waals surface area contributed by atoms with Crippen LogP contribution in [0.5, 0.6) is 0 Å². The van der Waals surface area contributed by atoms with Crippen molar-refractivity contribution in [3.05, 3.63) is 29.8 Å². The first-order valence-electron chi connectivity index (χ1n) is 5.16. The van der Waals surface area contributed by atoms with Gasteiger partial charge in [-0.25, -0.2) is 0 Å². The molecule has 3 N–H and O–H groups in total. The Labute approximate surface area is 86.5 Å². The molecule has 1 unspecified atom stereocenters. The van der Waals surface area contributed by atoms with Gasteiger partial charge in [0.2, 0.25) is 0 Å². The van der Waals surface area contributed by atoms with Crippen molar-refractivity contribution in [3.63, 3.8) is 0 Å². The van der Waals surface area contributed by atoms with Crippen LogP contribution < -0.4 is 11.1 Å². The molecule has 14 heavy (non-hydrogen) atoms. The molecule has 0 saturated heterocycles. The van der Waals surface area contributed by atoms with Crippen LogP contribution in [0, 0.1) is 5.92 Å². The van der Waals surface area contributed by atoms with Gasteiger partial charge in [0.1, 0.15) is 0 Å². The van der Waals surface area contributed by atoms with Gasteiger partial charge in [0.25, 0.3) is 0 Å². The first-order chi connectivity index (χ1) is 6.63. The van der Waals surface area contributed by atoms with Crippen LogP contribution in [0.2, 0.25) is 0 Å². The van der Waals surface area contributed by atoms with Gasteiger partial charge < -0.3 is 11.1 Å². The zero-order valence-electron chi connectivity index (χ0n) is 9.25. The summed E-state index contributed by atoms with van der Waals surface area (Å²) in [5, 5.41) is 3.32. The Morgan fingerprint density at radius 1 is 1.36 bits per heavy atom. The average Bonchev–Trinajstić information content (AvgIpc) is 2.14. The molecular formula is C12H20N2. The van der Waals surface area contributed by atoms with Gasteiger partial charge in [-0.05, 0) is 37.1 Å². The molecule has 1 atom stereocenters. The predicted octanol–water partition coefficient (Wildman–Crippen LogP) is 2.58. The summed E-state index contributed by atoms with van der Waals surface area (Å²) in [7, 11) is 2.00. The van der Waals surface area contributed by atoms with Crippen molar-refractivity contribution in [1.82, 2.24) is 5.32 Å². The quantitative estimate of drug-likeness (QED) is 0.720. The third-order valence-electron chi connectivity index (χ3n) is 2.37. The molecule has 1 rings (SSSR count). The van der Waals surface area contributed by atoms with E-state index in [1.807, 2.05) is 25.2 Å². The first-order valence-corrected chi connectivity index (χ1v) is 5.16. The molecule has 0 spiro atoms. The van der Waals surface area contributed by atoms with E-state index in [4.69, 9.17) is 5.73 Å². The number of hydrogen-bond donors (Lipinski definition) is 2. The molecule has 1 aromatic rings. The van der Waals surface area contributed by atoms with Crippen LogP contribution >= 0.6 is 0 Å². The molecule has 2 heteroatoms. The summed E-state index contributed by atoms with van der Waals surface area (Å²) in [4.78, 5) is 0. The van der Waals surface area contributed by atoms with Crippen LogP contribution in [0.15, 0.2) is 24.3 Å². The van der Waals surface area contributed by atoms with E-state index in [-0.39, 0.29) is 0 Å². The van der Waals surface area contributed by atoms with Crippen LogP contribution in [0.25, 0.3) is 0 Å². The summed E-state index contributed by atoms with van der Waals surface area (Å²) < 4.78 is 0. The van der Waals surface area contributed by atoms with E-state index < -0.39 is 0 Å². The second kappa shape index (κ2) is 5.01. The van der Waals surface area contributed by atoms with Crippen LogP contribution in [0.3, 0.4) is 0 Å². The fourth-order valence-corrected chi connectivity index (χ4v) is 1.67. The molecule has 0 bridgehead atoms. The zero-order valence-corrected chi connectivity index (χ0v) is 9.25. The highest BCUT2D eigenvalue weighted by atomic mass is 14.9. The lowest BCUT2D eigenvalue weighted by Crippen LogP contribution is -2.18. The summed E-state index contributed by atoms with van der Waals surface area (Å²) in [5.74, 6) is 0.689. The van der Waals surface area contributed by atoms with Crippen molar-refractivity contribution < 1.29 is 0 Å². The molecule has 0 heterocycles. The van der Waals surface area contributed by atoms with Crippen molar-refractivity contribution in [1.29, 1.82) is 0 Å². The zero-order chi connectivity index (χ0) is 10.6. The lowest BCUT2D eigenvalue weighted by molar-refractivity contribution is 0.457. The molecule has 0 aromatic heterocycles. The Kier molecular flexibility index (Phi) is 3.96. The highest BCUT2D eigenvalue weighted by Crippen LogP contribution is 2.22. The van der Waals surface area contributed by atoms with E-state index in [0.717, 1.165) is 12.1 Å². The maximum Gasteiger partial charge on any atom is 0.0320 e. The van der Waals surface area contributed by atoms with Crippen LogP contribution in [-0.4, -0.2) is 7.05 Å². The monoisotopic (exact) mass is 192 g/mol. The topological polar surface area (TPSA) is 38.0 Å². The van der Waals surface area contributed by atoms with Crippen LogP contribution in [0.4, 0.5) is 5.69 Å². The minimum absolute atomic E-state index is 0.415. The standard InChI is InChI=1S/C12H20N2/c1-9(2)7-12(14-3)10-5-4-6-11(13)8-10/h4-6,8-9,12,14H,7,13H2,1-3H3. The molecule has 0 fully saturated rings. The number of benzene rings is 1. The molecule has 0 radical (unpaired) electrons. The Morgan fingerprint density at radius 2 is 2.07 bits per heavy atom. The Balaban J connectivity index is 2.78. The summed E-state index contributed by atoms with van der Waals surface area (Å²) in [5.41, 5.74) is 7.87. The Bertz CT molecular complexity index is 281. The fourth-order valence-electron chi connectivity index (χ4n) is 1.67. The van der Waals surface area contributed by atoms with Gasteiger partial charge in [-0.3, -0.25) is 0 Å². The molecule has 0 saturated carbocycles. The number of nitrogens with one attached hydrogen (secondary N) is 1. The number of rotatable bonds is 4. The van der Waals surface area contributed by atoms with Gasteiger partial charge in [0, 0.05) is 11.7 Å². The predicted molar refractivity (Wildman–Crippen MR) is 62.1 cm³/mol.